The molecule has 1 aliphatic carbocycles. The number of fused-ring (bicyclic) bond motifs is 3. The predicted octanol–water partition coefficient (Wildman–Crippen LogP) is 1.81. The Morgan fingerprint density at radius 3 is 2.39 bits per heavy atom. The summed E-state index contributed by atoms with van der Waals surface area (Å²) in [6.07, 6.45) is 2.79. The number of thiazole rings is 1. The van der Waals surface area contributed by atoms with Gasteiger partial charge in [0.1, 0.15) is 34.4 Å². The minimum Gasteiger partial charge on any atom is -0.480 e. The molecule has 0 fully saturated rings. The van der Waals surface area contributed by atoms with Gasteiger partial charge in [0.2, 0.25) is 29.5 Å². The molecule has 2 aromatic heterocycles. The van der Waals surface area contributed by atoms with Crippen LogP contribution in [0.25, 0.3) is 0 Å². The van der Waals surface area contributed by atoms with Crippen LogP contribution in [0.3, 0.4) is 0 Å². The number of likely N-dealkylation sites (N-methyl/N-ethyl adjacent to an activating group) is 1. The predicted molar refractivity (Wildman–Crippen MR) is 201 cm³/mol. The maximum atomic E-state index is 14.3. The molecule has 1 aromatic carbocycles. The van der Waals surface area contributed by atoms with Gasteiger partial charge in [-0.1, -0.05) is 44.2 Å². The van der Waals surface area contributed by atoms with Crippen molar-refractivity contribution < 1.29 is 33.5 Å². The lowest BCUT2D eigenvalue weighted by molar-refractivity contribution is -0.136. The summed E-state index contributed by atoms with van der Waals surface area (Å²) >= 11 is 1.18. The molecule has 6 amide bonds. The number of aromatic nitrogens is 2. The van der Waals surface area contributed by atoms with Gasteiger partial charge in [-0.25, -0.2) is 9.97 Å². The minimum absolute atomic E-state index is 0.0255. The van der Waals surface area contributed by atoms with Gasteiger partial charge in [-0.05, 0) is 62.6 Å². The summed E-state index contributed by atoms with van der Waals surface area (Å²) < 4.78 is 5.53. The van der Waals surface area contributed by atoms with Crippen LogP contribution in [-0.2, 0) is 38.4 Å². The molecular weight excluding hydrogens is 713 g/mol. The van der Waals surface area contributed by atoms with Crippen LogP contribution >= 0.6 is 11.3 Å². The Kier molecular flexibility index (Phi) is 13.0. The van der Waals surface area contributed by atoms with E-state index in [2.05, 4.69) is 31.2 Å². The topological polar surface area (TPSA) is 192 Å². The first-order valence-corrected chi connectivity index (χ1v) is 18.9. The number of benzene rings is 1. The van der Waals surface area contributed by atoms with E-state index < -0.39 is 59.6 Å². The van der Waals surface area contributed by atoms with E-state index in [1.807, 2.05) is 30.3 Å². The molecule has 0 radical (unpaired) electrons. The molecule has 3 aromatic rings. The number of nitrogens with zero attached hydrogens (tertiary/aromatic N) is 4. The molecule has 2 aliphatic rings. The highest BCUT2D eigenvalue weighted by Crippen LogP contribution is 2.28. The van der Waals surface area contributed by atoms with Crippen LogP contribution in [0.4, 0.5) is 0 Å². The number of hydrogen-bond acceptors (Lipinski definition) is 10. The van der Waals surface area contributed by atoms with Gasteiger partial charge in [0.15, 0.2) is 0 Å². The van der Waals surface area contributed by atoms with Crippen molar-refractivity contribution in [3.63, 3.8) is 0 Å². The molecule has 54 heavy (non-hydrogen) atoms. The van der Waals surface area contributed by atoms with Gasteiger partial charge in [-0.3, -0.25) is 28.8 Å². The summed E-state index contributed by atoms with van der Waals surface area (Å²) in [5.74, 6) is -3.42. The number of amides is 6. The zero-order valence-corrected chi connectivity index (χ0v) is 32.2. The van der Waals surface area contributed by atoms with Gasteiger partial charge in [0, 0.05) is 31.2 Å². The first-order valence-electron chi connectivity index (χ1n) is 18.1. The van der Waals surface area contributed by atoms with E-state index >= 15 is 0 Å². The van der Waals surface area contributed by atoms with Gasteiger partial charge >= 0.3 is 0 Å². The van der Waals surface area contributed by atoms with Crippen molar-refractivity contribution in [2.45, 2.75) is 77.5 Å². The average Bonchev–Trinajstić information content (AvgIpc) is 3.84. The third kappa shape index (κ3) is 9.58. The van der Waals surface area contributed by atoms with Crippen LogP contribution in [0.15, 0.2) is 41.8 Å². The molecule has 3 heterocycles. The van der Waals surface area contributed by atoms with Crippen LogP contribution in [0.1, 0.15) is 82.8 Å². The van der Waals surface area contributed by atoms with E-state index in [1.165, 1.54) is 42.1 Å². The van der Waals surface area contributed by atoms with Crippen molar-refractivity contribution in [3.05, 3.63) is 74.9 Å². The SMILES string of the molecule is COc1nc2c(cc1C(=O)N1CCN(C)C(=O)[C@@H](C)NC(=O)[C@H](C(C)C)NC(=O)[C@H](C)NC(=O)c3csc(n3)[C@H](Cc3ccccc3)NC(=O)C1)CCC2. The van der Waals surface area contributed by atoms with E-state index in [0.717, 1.165) is 36.1 Å². The van der Waals surface area contributed by atoms with Crippen molar-refractivity contribution in [1.29, 1.82) is 0 Å². The Hall–Kier alpha value is -5.38. The number of nitrogens with one attached hydrogen (secondary N) is 4. The number of carbonyl (C=O) groups excluding carboxylic acids is 6. The largest absolute Gasteiger partial charge is 0.480 e. The summed E-state index contributed by atoms with van der Waals surface area (Å²) in [6, 6.07) is 7.53. The highest BCUT2D eigenvalue weighted by Gasteiger charge is 2.32. The molecule has 0 unspecified atom stereocenters. The second-order valence-electron chi connectivity index (χ2n) is 14.0. The van der Waals surface area contributed by atoms with Gasteiger partial charge in [0.25, 0.3) is 11.8 Å². The van der Waals surface area contributed by atoms with Crippen LogP contribution < -0.4 is 26.0 Å². The van der Waals surface area contributed by atoms with Crippen molar-refractivity contribution in [3.8, 4) is 5.88 Å². The van der Waals surface area contributed by atoms with Crippen molar-refractivity contribution in [2.75, 3.05) is 33.8 Å². The van der Waals surface area contributed by atoms with E-state index in [-0.39, 0.29) is 42.7 Å². The number of hydrogen-bond donors (Lipinski definition) is 4. The van der Waals surface area contributed by atoms with Crippen molar-refractivity contribution >= 4 is 46.8 Å². The number of methoxy groups -OCH3 is 1. The number of pyridine rings is 1. The average molecular weight is 761 g/mol. The molecule has 0 saturated heterocycles. The van der Waals surface area contributed by atoms with Gasteiger partial charge in [0.05, 0.1) is 19.7 Å². The lowest BCUT2D eigenvalue weighted by Crippen LogP contribution is -2.57. The first-order chi connectivity index (χ1) is 25.7. The van der Waals surface area contributed by atoms with Gasteiger partial charge in [-0.2, -0.15) is 0 Å². The Morgan fingerprint density at radius 1 is 0.944 bits per heavy atom. The number of carbonyl (C=O) groups is 6. The first kappa shape index (κ1) is 39.8. The van der Waals surface area contributed by atoms with E-state index in [9.17, 15) is 28.8 Å². The fraction of sp³-hybridized carbons (Fsp3) is 0.474. The second-order valence-corrected chi connectivity index (χ2v) is 14.9. The number of rotatable bonds is 5. The molecular formula is C38H48N8O7S. The molecule has 16 heteroatoms. The van der Waals surface area contributed by atoms with Crippen LogP contribution in [0.2, 0.25) is 0 Å². The minimum atomic E-state index is -1.03. The Labute approximate surface area is 318 Å². The summed E-state index contributed by atoms with van der Waals surface area (Å²) in [5.41, 5.74) is 2.98. The normalized spacial score (nSPS) is 22.1. The van der Waals surface area contributed by atoms with Crippen molar-refractivity contribution in [1.82, 2.24) is 41.0 Å². The zero-order chi connectivity index (χ0) is 39.1. The molecule has 288 valence electrons. The van der Waals surface area contributed by atoms with Gasteiger partial charge in [-0.15, -0.1) is 11.3 Å². The van der Waals surface area contributed by atoms with E-state index in [1.54, 1.807) is 32.3 Å². The molecule has 5 rings (SSSR count). The fourth-order valence-corrected chi connectivity index (χ4v) is 7.28. The standard InChI is InChI=1S/C38H48N8O7S/c1-21(2)31-34(50)40-23(4)37(51)45(5)15-16-46(38(52)26-18-25-13-10-14-27(25)42-35(26)53-6)19-30(47)41-28(17-24-11-8-7-9-12-24)36-43-29(20-54-36)33(49)39-22(3)32(48)44-31/h7-9,11-12,18,20-23,28,31H,10,13-17,19H2,1-6H3,(H,39,49)(H,40,50)(H,41,47)(H,44,48)/t22-,23+,28-,31-/m0/s1. The molecule has 0 saturated carbocycles. The number of ether oxygens (including phenoxy) is 1. The van der Waals surface area contributed by atoms with Crippen LogP contribution in [0, 0.1) is 5.92 Å². The van der Waals surface area contributed by atoms with E-state index in [4.69, 9.17) is 4.74 Å². The Morgan fingerprint density at radius 2 is 1.69 bits per heavy atom. The summed E-state index contributed by atoms with van der Waals surface area (Å²) in [5, 5.41) is 13.0. The van der Waals surface area contributed by atoms with Crippen LogP contribution in [0.5, 0.6) is 5.88 Å². The monoisotopic (exact) mass is 760 g/mol. The lowest BCUT2D eigenvalue weighted by atomic mass is 10.0. The molecule has 4 N–H and O–H groups in total. The molecule has 0 spiro atoms. The third-order valence-corrected chi connectivity index (χ3v) is 10.5. The molecule has 1 aliphatic heterocycles. The second kappa shape index (κ2) is 17.6. The molecule has 4 atom stereocenters. The zero-order valence-electron chi connectivity index (χ0n) is 31.4. The number of aryl methyl sites for hydroxylation is 2. The summed E-state index contributed by atoms with van der Waals surface area (Å²) in [4.78, 5) is 93.4. The molecule has 15 nitrogen and oxygen atoms in total. The Bertz CT molecular complexity index is 1880. The third-order valence-electron chi connectivity index (χ3n) is 9.53. The highest BCUT2D eigenvalue weighted by molar-refractivity contribution is 7.09. The Balaban J connectivity index is 1.50. The van der Waals surface area contributed by atoms with Gasteiger partial charge < -0.3 is 35.8 Å². The quantitative estimate of drug-likeness (QED) is 0.301. The highest BCUT2D eigenvalue weighted by atomic mass is 32.1. The molecule has 2 bridgehead atoms. The lowest BCUT2D eigenvalue weighted by Gasteiger charge is -2.29. The summed E-state index contributed by atoms with van der Waals surface area (Å²) in [6.45, 7) is 6.14. The fourth-order valence-electron chi connectivity index (χ4n) is 6.43. The maximum absolute atomic E-state index is 14.3. The van der Waals surface area contributed by atoms with E-state index in [0.29, 0.717) is 11.4 Å². The summed E-state index contributed by atoms with van der Waals surface area (Å²) in [7, 11) is 2.98. The van der Waals surface area contributed by atoms with Crippen molar-refractivity contribution in [2.24, 2.45) is 5.92 Å². The maximum Gasteiger partial charge on any atom is 0.271 e. The smallest absolute Gasteiger partial charge is 0.271 e. The van der Waals surface area contributed by atoms with Crippen LogP contribution in [-0.4, -0.2) is 107 Å².